The molecule has 6 aromatic rings. The highest BCUT2D eigenvalue weighted by atomic mass is 16.5. The summed E-state index contributed by atoms with van der Waals surface area (Å²) in [4.78, 5) is 110. The fourth-order valence-electron chi connectivity index (χ4n) is 8.86. The Hall–Kier alpha value is -9.15. The lowest BCUT2D eigenvalue weighted by Crippen LogP contribution is -2.50. The van der Waals surface area contributed by atoms with Gasteiger partial charge in [-0.25, -0.2) is 4.98 Å². The van der Waals surface area contributed by atoms with Crippen LogP contribution in [0.15, 0.2) is 85.5 Å². The van der Waals surface area contributed by atoms with E-state index in [1.807, 2.05) is 4.90 Å². The zero-order valence-electron chi connectivity index (χ0n) is 42.6. The molecule has 3 atom stereocenters. The number of nitrogens with one attached hydrogen (secondary N) is 7. The lowest BCUT2D eigenvalue weighted by atomic mass is 10.1. The number of fused-ring (bicyclic) bond motifs is 3. The van der Waals surface area contributed by atoms with Crippen LogP contribution in [0.3, 0.4) is 0 Å². The number of benzene rings is 2. The number of nitrogens with zero attached hydrogens (tertiary/aromatic N) is 6. The van der Waals surface area contributed by atoms with Crippen molar-refractivity contribution in [2.24, 2.45) is 21.1 Å². The Labute approximate surface area is 431 Å². The number of aryl methyl sites for hydroxylation is 3. The van der Waals surface area contributed by atoms with Gasteiger partial charge in [0.15, 0.2) is 17.3 Å². The predicted molar refractivity (Wildman–Crippen MR) is 279 cm³/mol. The van der Waals surface area contributed by atoms with Crippen LogP contribution in [-0.2, 0) is 40.3 Å². The van der Waals surface area contributed by atoms with Gasteiger partial charge >= 0.3 is 0 Å². The molecule has 1 fully saturated rings. The predicted octanol–water partition coefficient (Wildman–Crippen LogP) is 4.61. The van der Waals surface area contributed by atoms with Crippen LogP contribution in [0.25, 0.3) is 10.9 Å². The Morgan fingerprint density at radius 2 is 1.49 bits per heavy atom. The van der Waals surface area contributed by atoms with Crippen LogP contribution < -0.4 is 46.7 Å². The molecular formula is C52H59N13O10. The first-order valence-electron chi connectivity index (χ1n) is 24.2. The van der Waals surface area contributed by atoms with Crippen LogP contribution >= 0.6 is 0 Å². The highest BCUT2D eigenvalue weighted by molar-refractivity contribution is 6.08. The first kappa shape index (κ1) is 52.2. The van der Waals surface area contributed by atoms with Gasteiger partial charge in [-0.2, -0.15) is 0 Å². The van der Waals surface area contributed by atoms with Crippen molar-refractivity contribution in [2.75, 3.05) is 53.4 Å². The van der Waals surface area contributed by atoms with E-state index in [9.17, 15) is 38.4 Å². The average Bonchev–Trinajstić information content (AvgIpc) is 4.21. The molecule has 2 aromatic carbocycles. The number of anilines is 5. The number of imidazole rings is 1. The van der Waals surface area contributed by atoms with Gasteiger partial charge < -0.3 is 65.3 Å². The molecule has 2 aliphatic rings. The summed E-state index contributed by atoms with van der Waals surface area (Å²) >= 11 is 0. The molecule has 1 saturated heterocycles. The highest BCUT2D eigenvalue weighted by Gasteiger charge is 2.36. The maximum Gasteiger partial charge on any atom is 0.291 e. The van der Waals surface area contributed by atoms with Gasteiger partial charge in [-0.05, 0) is 69.2 Å². The zero-order valence-corrected chi connectivity index (χ0v) is 42.6. The third kappa shape index (κ3) is 11.6. The van der Waals surface area contributed by atoms with E-state index in [-0.39, 0.29) is 72.1 Å². The van der Waals surface area contributed by atoms with Gasteiger partial charge in [-0.15, -0.1) is 0 Å². The third-order valence-electron chi connectivity index (χ3n) is 12.8. The van der Waals surface area contributed by atoms with Gasteiger partial charge in [0, 0.05) is 89.0 Å². The molecule has 0 unspecified atom stereocenters. The first-order chi connectivity index (χ1) is 35.8. The number of amides is 7. The van der Waals surface area contributed by atoms with Crippen molar-refractivity contribution in [1.82, 2.24) is 38.8 Å². The summed E-state index contributed by atoms with van der Waals surface area (Å²) < 4.78 is 17.6. The second-order valence-electron chi connectivity index (χ2n) is 18.5. The molecule has 8 rings (SSSR count). The Morgan fingerprint density at radius 3 is 2.23 bits per heavy atom. The van der Waals surface area contributed by atoms with Crippen LogP contribution in [0.1, 0.15) is 88.4 Å². The zero-order chi connectivity index (χ0) is 53.8. The molecule has 0 saturated carbocycles. The number of ether oxygens (including phenoxy) is 2. The third-order valence-corrected chi connectivity index (χ3v) is 12.8. The maximum absolute atomic E-state index is 13.9. The lowest BCUT2D eigenvalue weighted by Gasteiger charge is -2.21. The van der Waals surface area contributed by atoms with Crippen molar-refractivity contribution in [3.63, 3.8) is 0 Å². The van der Waals surface area contributed by atoms with Crippen molar-refractivity contribution < 1.29 is 47.8 Å². The van der Waals surface area contributed by atoms with E-state index < -0.39 is 35.7 Å². The smallest absolute Gasteiger partial charge is 0.291 e. The van der Waals surface area contributed by atoms with Gasteiger partial charge in [0.2, 0.25) is 29.5 Å². The fourth-order valence-corrected chi connectivity index (χ4v) is 8.86. The van der Waals surface area contributed by atoms with Crippen molar-refractivity contribution in [1.29, 1.82) is 0 Å². The topological polar surface area (TPSA) is 275 Å². The van der Waals surface area contributed by atoms with E-state index in [0.717, 1.165) is 12.0 Å². The number of rotatable bonds is 18. The van der Waals surface area contributed by atoms with Crippen LogP contribution in [0.2, 0.25) is 0 Å². The molecule has 2 aliphatic heterocycles. The van der Waals surface area contributed by atoms with E-state index >= 15 is 0 Å². The number of hydrogen-bond acceptors (Lipinski definition) is 12. The average molecular weight is 1030 g/mol. The Kier molecular flexibility index (Phi) is 15.2. The van der Waals surface area contributed by atoms with Crippen LogP contribution in [0.4, 0.5) is 28.6 Å². The monoisotopic (exact) mass is 1030 g/mol. The molecule has 0 aliphatic carbocycles. The van der Waals surface area contributed by atoms with E-state index in [4.69, 9.17) is 9.47 Å². The van der Waals surface area contributed by atoms with Crippen molar-refractivity contribution >= 4 is 86.7 Å². The van der Waals surface area contributed by atoms with Gasteiger partial charge in [0.1, 0.15) is 23.5 Å². The number of methoxy groups -OCH3 is 1. The summed E-state index contributed by atoms with van der Waals surface area (Å²) in [5, 5.41) is 20.2. The van der Waals surface area contributed by atoms with Crippen molar-refractivity contribution in [3.05, 3.63) is 108 Å². The molecule has 23 heteroatoms. The molecule has 0 bridgehead atoms. The van der Waals surface area contributed by atoms with Crippen LogP contribution in [0.5, 0.6) is 11.5 Å². The van der Waals surface area contributed by atoms with Crippen molar-refractivity contribution in [3.8, 4) is 11.5 Å². The molecule has 75 heavy (non-hydrogen) atoms. The summed E-state index contributed by atoms with van der Waals surface area (Å²) in [5.41, 5.74) is 4.26. The molecule has 0 radical (unpaired) electrons. The minimum Gasteiger partial charge on any atom is -0.493 e. The standard InChI is InChI=1S/C52H59N13O10/c1-9-44(66)54-29(3)47(68)55-30(4)48(69)56-32-12-13-38-31(18-32)14-15-64(38)52(73)40-20-34(26-62(40)6)57-49(70)39-19-33(25-61(39)5)58-50(71)46-60-43(27-63(46)7)59-45(67)11-10-16-75-42-22-37-36(21-41(42)74-8)51(72)65-24-28(2)17-35(65)23-53-37/h12-15,18-22,25-27,29-30,35,53H,2,9-11,16-17,23-24H2,1,3-8H3,(H,54,66)(H,55,68)(H,56,69)(H,57,70)(H,58,71)(H,59,67)/t29-,30-,35-/m0/s1. The maximum atomic E-state index is 13.9. The van der Waals surface area contributed by atoms with E-state index in [1.165, 1.54) is 46.9 Å². The van der Waals surface area contributed by atoms with E-state index in [0.29, 0.717) is 70.2 Å². The van der Waals surface area contributed by atoms with E-state index in [2.05, 4.69) is 48.8 Å². The molecule has 6 heterocycles. The molecular weight excluding hydrogens is 967 g/mol. The molecule has 0 spiro atoms. The number of aromatic nitrogens is 5. The highest BCUT2D eigenvalue weighted by Crippen LogP contribution is 2.38. The van der Waals surface area contributed by atoms with Gasteiger partial charge in [-0.3, -0.25) is 42.9 Å². The normalized spacial score (nSPS) is 14.7. The molecule has 23 nitrogen and oxygen atoms in total. The summed E-state index contributed by atoms with van der Waals surface area (Å²) in [6.45, 7) is 10.1. The van der Waals surface area contributed by atoms with Crippen molar-refractivity contribution in [2.45, 2.75) is 64.6 Å². The molecule has 392 valence electrons. The minimum absolute atomic E-state index is 0.000773. The summed E-state index contributed by atoms with van der Waals surface area (Å²) in [5.74, 6) is -2.21. The summed E-state index contributed by atoms with van der Waals surface area (Å²) in [6.07, 6.45) is 7.65. The Bertz CT molecular complexity index is 3290. The lowest BCUT2D eigenvalue weighted by molar-refractivity contribution is -0.130. The Balaban J connectivity index is 0.814. The summed E-state index contributed by atoms with van der Waals surface area (Å²) in [7, 11) is 6.41. The number of hydrogen-bond donors (Lipinski definition) is 7. The van der Waals surface area contributed by atoms with Crippen LogP contribution in [0, 0.1) is 0 Å². The molecule has 4 aromatic heterocycles. The molecule has 7 amide bonds. The largest absolute Gasteiger partial charge is 0.493 e. The quantitative estimate of drug-likeness (QED) is 0.0460. The minimum atomic E-state index is -0.905. The second-order valence-corrected chi connectivity index (χ2v) is 18.5. The SMILES string of the molecule is C=C1C[C@H]2CNc3cc(OCCCC(=O)Nc4cn(C)c(C(=O)Nc5cc(C(=O)Nc6cc(C(=O)n7ccc8cc(NC(=O)[C@H](C)NC(=O)[C@H](C)NC(=O)CC)ccc87)n(C)c6)n(C)c5)n4)c(OC)cc3C(=O)N2C1. The fraction of sp³-hybridized carbons (Fsp3) is 0.327. The van der Waals surface area contributed by atoms with Gasteiger partial charge in [0.25, 0.3) is 23.6 Å². The van der Waals surface area contributed by atoms with E-state index in [1.54, 1.807) is 93.7 Å². The summed E-state index contributed by atoms with van der Waals surface area (Å²) in [6, 6.07) is 11.5. The van der Waals surface area contributed by atoms with Gasteiger partial charge in [0.05, 0.1) is 47.9 Å². The van der Waals surface area contributed by atoms with Crippen LogP contribution in [-0.4, -0.2) is 120 Å². The molecule has 7 N–H and O–H groups in total. The number of carbonyl (C=O) groups excluding carboxylic acids is 8. The number of carbonyl (C=O) groups is 8. The van der Waals surface area contributed by atoms with Gasteiger partial charge in [-0.1, -0.05) is 19.1 Å². The Morgan fingerprint density at radius 1 is 0.787 bits per heavy atom. The second kappa shape index (κ2) is 21.9. The first-order valence-corrected chi connectivity index (χ1v) is 24.2.